The van der Waals surface area contributed by atoms with Gasteiger partial charge in [-0.1, -0.05) is 6.07 Å². The molecule has 0 radical (unpaired) electrons. The minimum absolute atomic E-state index is 0.123. The lowest BCUT2D eigenvalue weighted by molar-refractivity contribution is -0.119. The molecule has 0 aliphatic carbocycles. The zero-order valence-corrected chi connectivity index (χ0v) is 12.1. The summed E-state index contributed by atoms with van der Waals surface area (Å²) in [6.45, 7) is 2.80. The van der Waals surface area contributed by atoms with Gasteiger partial charge >= 0.3 is 0 Å². The van der Waals surface area contributed by atoms with E-state index in [0.717, 1.165) is 0 Å². The smallest absolute Gasteiger partial charge is 0.239 e. The van der Waals surface area contributed by atoms with Crippen molar-refractivity contribution < 1.29 is 9.18 Å². The van der Waals surface area contributed by atoms with E-state index in [-0.39, 0.29) is 24.8 Å². The Hall–Kier alpha value is -1.14. The quantitative estimate of drug-likeness (QED) is 0.867. The number of nitrogens with zero attached hydrogens (tertiary/aromatic N) is 1. The maximum absolute atomic E-state index is 14.2. The highest BCUT2D eigenvalue weighted by molar-refractivity contribution is 9.10. The standard InChI is InChI=1S/C12H17BrFN3O/c1-3-17(7-10(18)16-2)9-5-4-8(6-15)11(13)12(9)14/h4-5H,3,6-7,15H2,1-2H3,(H,16,18). The molecule has 1 rings (SSSR count). The van der Waals surface area contributed by atoms with Crippen molar-refractivity contribution in [1.82, 2.24) is 5.32 Å². The van der Waals surface area contributed by atoms with Crippen LogP contribution in [-0.2, 0) is 11.3 Å². The van der Waals surface area contributed by atoms with Crippen molar-refractivity contribution in [2.24, 2.45) is 5.73 Å². The number of anilines is 1. The van der Waals surface area contributed by atoms with Crippen LogP contribution in [0.4, 0.5) is 10.1 Å². The lowest BCUT2D eigenvalue weighted by atomic mass is 10.2. The van der Waals surface area contributed by atoms with Crippen LogP contribution in [0.2, 0.25) is 0 Å². The van der Waals surface area contributed by atoms with Gasteiger partial charge < -0.3 is 16.0 Å². The van der Waals surface area contributed by atoms with E-state index in [1.165, 1.54) is 0 Å². The normalized spacial score (nSPS) is 10.3. The third-order valence-electron chi connectivity index (χ3n) is 2.70. The summed E-state index contributed by atoms with van der Waals surface area (Å²) < 4.78 is 14.5. The SMILES string of the molecule is CCN(CC(=O)NC)c1ccc(CN)c(Br)c1F. The second kappa shape index (κ2) is 6.70. The number of nitrogens with two attached hydrogens (primary N) is 1. The second-order valence-electron chi connectivity index (χ2n) is 3.76. The van der Waals surface area contributed by atoms with Crippen molar-refractivity contribution in [3.63, 3.8) is 0 Å². The minimum atomic E-state index is -0.385. The van der Waals surface area contributed by atoms with Crippen LogP contribution in [0.1, 0.15) is 12.5 Å². The molecule has 100 valence electrons. The Morgan fingerprint density at radius 2 is 2.22 bits per heavy atom. The summed E-state index contributed by atoms with van der Waals surface area (Å²) in [7, 11) is 1.56. The Morgan fingerprint density at radius 3 is 2.72 bits per heavy atom. The van der Waals surface area contributed by atoms with Crippen molar-refractivity contribution in [3.05, 3.63) is 28.0 Å². The van der Waals surface area contributed by atoms with E-state index in [2.05, 4.69) is 21.2 Å². The molecule has 0 saturated heterocycles. The number of benzene rings is 1. The average Bonchev–Trinajstić information content (AvgIpc) is 2.39. The maximum atomic E-state index is 14.2. The number of nitrogens with one attached hydrogen (secondary N) is 1. The van der Waals surface area contributed by atoms with Crippen LogP contribution in [-0.4, -0.2) is 26.0 Å². The number of amides is 1. The summed E-state index contributed by atoms with van der Waals surface area (Å²) in [6.07, 6.45) is 0. The van der Waals surface area contributed by atoms with Gasteiger partial charge in [0.1, 0.15) is 0 Å². The zero-order valence-electron chi connectivity index (χ0n) is 10.5. The highest BCUT2D eigenvalue weighted by Crippen LogP contribution is 2.29. The molecule has 0 atom stereocenters. The molecular weight excluding hydrogens is 301 g/mol. The van der Waals surface area contributed by atoms with Gasteiger partial charge in [0, 0.05) is 20.1 Å². The molecule has 0 aliphatic heterocycles. The molecule has 1 aromatic rings. The van der Waals surface area contributed by atoms with E-state index in [0.29, 0.717) is 22.3 Å². The van der Waals surface area contributed by atoms with Gasteiger partial charge in [-0.15, -0.1) is 0 Å². The number of halogens is 2. The molecule has 0 fully saturated rings. The van der Waals surface area contributed by atoms with Gasteiger partial charge in [-0.2, -0.15) is 0 Å². The van der Waals surface area contributed by atoms with E-state index in [4.69, 9.17) is 5.73 Å². The predicted molar refractivity (Wildman–Crippen MR) is 73.9 cm³/mol. The van der Waals surface area contributed by atoms with Crippen molar-refractivity contribution in [2.45, 2.75) is 13.5 Å². The largest absolute Gasteiger partial charge is 0.360 e. The Bertz CT molecular complexity index is 440. The number of likely N-dealkylation sites (N-methyl/N-ethyl adjacent to an activating group) is 2. The molecule has 0 bridgehead atoms. The highest BCUT2D eigenvalue weighted by Gasteiger charge is 2.16. The lowest BCUT2D eigenvalue weighted by Crippen LogP contribution is -2.36. The van der Waals surface area contributed by atoms with E-state index < -0.39 is 0 Å². The van der Waals surface area contributed by atoms with Crippen LogP contribution >= 0.6 is 15.9 Å². The van der Waals surface area contributed by atoms with Crippen LogP contribution < -0.4 is 16.0 Å². The van der Waals surface area contributed by atoms with Crippen LogP contribution in [0.25, 0.3) is 0 Å². The second-order valence-corrected chi connectivity index (χ2v) is 4.56. The third-order valence-corrected chi connectivity index (χ3v) is 3.55. The van der Waals surface area contributed by atoms with Crippen molar-refractivity contribution >= 4 is 27.5 Å². The molecule has 3 N–H and O–H groups in total. The highest BCUT2D eigenvalue weighted by atomic mass is 79.9. The fraction of sp³-hybridized carbons (Fsp3) is 0.417. The summed E-state index contributed by atoms with van der Waals surface area (Å²) in [6, 6.07) is 3.41. The first-order valence-corrected chi connectivity index (χ1v) is 6.46. The summed E-state index contributed by atoms with van der Waals surface area (Å²) in [5, 5.41) is 2.52. The minimum Gasteiger partial charge on any atom is -0.360 e. The fourth-order valence-electron chi connectivity index (χ4n) is 1.60. The van der Waals surface area contributed by atoms with Gasteiger partial charge in [0.05, 0.1) is 16.7 Å². The van der Waals surface area contributed by atoms with E-state index in [1.807, 2.05) is 6.92 Å². The van der Waals surface area contributed by atoms with Gasteiger partial charge in [-0.05, 0) is 34.5 Å². The summed E-state index contributed by atoms with van der Waals surface area (Å²) in [4.78, 5) is 13.0. The molecule has 0 heterocycles. The first-order valence-electron chi connectivity index (χ1n) is 5.67. The Balaban J connectivity index is 3.07. The van der Waals surface area contributed by atoms with Crippen LogP contribution in [0, 0.1) is 5.82 Å². The molecule has 4 nitrogen and oxygen atoms in total. The molecule has 0 spiro atoms. The Kier molecular flexibility index (Phi) is 5.55. The molecule has 6 heteroatoms. The number of carbonyl (C=O) groups excluding carboxylic acids is 1. The number of hydrogen-bond acceptors (Lipinski definition) is 3. The predicted octanol–water partition coefficient (Wildman–Crippen LogP) is 1.62. The van der Waals surface area contributed by atoms with Gasteiger partial charge in [0.2, 0.25) is 5.91 Å². The van der Waals surface area contributed by atoms with E-state index in [1.54, 1.807) is 24.1 Å². The van der Waals surface area contributed by atoms with Crippen molar-refractivity contribution in [3.8, 4) is 0 Å². The molecule has 0 aromatic heterocycles. The number of carbonyl (C=O) groups is 1. The first kappa shape index (κ1) is 14.9. The molecular formula is C12H17BrFN3O. The third kappa shape index (κ3) is 3.20. The zero-order chi connectivity index (χ0) is 13.7. The average molecular weight is 318 g/mol. The summed E-state index contributed by atoms with van der Waals surface area (Å²) in [5.74, 6) is -0.543. The van der Waals surface area contributed by atoms with E-state index >= 15 is 0 Å². The number of hydrogen-bond donors (Lipinski definition) is 2. The van der Waals surface area contributed by atoms with Gasteiger partial charge in [-0.25, -0.2) is 4.39 Å². The van der Waals surface area contributed by atoms with Gasteiger partial charge in [0.25, 0.3) is 0 Å². The van der Waals surface area contributed by atoms with Crippen LogP contribution in [0.15, 0.2) is 16.6 Å². The van der Waals surface area contributed by atoms with Crippen molar-refractivity contribution in [1.29, 1.82) is 0 Å². The molecule has 18 heavy (non-hydrogen) atoms. The lowest BCUT2D eigenvalue weighted by Gasteiger charge is -2.23. The topological polar surface area (TPSA) is 58.4 Å². The molecule has 1 aromatic carbocycles. The Labute approximate surface area is 114 Å². The monoisotopic (exact) mass is 317 g/mol. The Morgan fingerprint density at radius 1 is 1.56 bits per heavy atom. The summed E-state index contributed by atoms with van der Waals surface area (Å²) in [5.41, 5.74) is 6.60. The number of rotatable bonds is 5. The van der Waals surface area contributed by atoms with Gasteiger partial charge in [-0.3, -0.25) is 4.79 Å². The van der Waals surface area contributed by atoms with Crippen molar-refractivity contribution in [2.75, 3.05) is 25.0 Å². The summed E-state index contributed by atoms with van der Waals surface area (Å²) >= 11 is 3.19. The fourth-order valence-corrected chi connectivity index (χ4v) is 2.10. The first-order chi connectivity index (χ1) is 8.54. The molecule has 0 saturated carbocycles. The molecule has 0 aliphatic rings. The molecule has 1 amide bonds. The maximum Gasteiger partial charge on any atom is 0.239 e. The van der Waals surface area contributed by atoms with Crippen LogP contribution in [0.5, 0.6) is 0 Å². The van der Waals surface area contributed by atoms with Crippen LogP contribution in [0.3, 0.4) is 0 Å². The molecule has 0 unspecified atom stereocenters. The van der Waals surface area contributed by atoms with Gasteiger partial charge in [0.15, 0.2) is 5.82 Å². The van der Waals surface area contributed by atoms with E-state index in [9.17, 15) is 9.18 Å².